The standard InChI is InChI=1S/C32H35F2N5O3/c1-7-24-27(34)14-11-21-9-8-10-25(29(21)24)20(2)36-16-26(28(15-33)37-19-40)30(35-6)38-17-22-12-13-23(18-38)39(22)31(41)42-32(3,4)5/h1,8-11,14,16,22-23,40H,2,6,12-13,15,17-19H2,3-5H3/b30-26+,36-16?,37-28-. The fourth-order valence-corrected chi connectivity index (χ4v) is 5.54. The van der Waals surface area contributed by atoms with Crippen LogP contribution in [0.4, 0.5) is 13.6 Å². The van der Waals surface area contributed by atoms with Crippen LogP contribution >= 0.6 is 0 Å². The number of ether oxygens (including phenoxy) is 1. The van der Waals surface area contributed by atoms with E-state index in [2.05, 4.69) is 34.2 Å². The van der Waals surface area contributed by atoms with Gasteiger partial charge in [0.05, 0.1) is 34.6 Å². The minimum absolute atomic E-state index is 0.0772. The highest BCUT2D eigenvalue weighted by Crippen LogP contribution is 2.34. The van der Waals surface area contributed by atoms with Crippen LogP contribution in [-0.4, -0.2) is 83.8 Å². The second-order valence-corrected chi connectivity index (χ2v) is 11.1. The van der Waals surface area contributed by atoms with Crippen molar-refractivity contribution < 1.29 is 23.4 Å². The smallest absolute Gasteiger partial charge is 0.410 e. The minimum Gasteiger partial charge on any atom is -0.444 e. The molecule has 0 aliphatic carbocycles. The number of carbonyl (C=O) groups excluding carboxylic acids is 1. The molecule has 2 bridgehead atoms. The summed E-state index contributed by atoms with van der Waals surface area (Å²) in [7, 11) is 0. The Hall–Kier alpha value is -4.36. The maximum atomic E-state index is 14.5. The highest BCUT2D eigenvalue weighted by atomic mass is 19.1. The summed E-state index contributed by atoms with van der Waals surface area (Å²) in [6.45, 7) is 12.4. The van der Waals surface area contributed by atoms with Crippen molar-refractivity contribution in [1.82, 2.24) is 9.80 Å². The van der Waals surface area contributed by atoms with Gasteiger partial charge in [-0.1, -0.05) is 36.8 Å². The predicted molar refractivity (Wildman–Crippen MR) is 163 cm³/mol. The zero-order chi connectivity index (χ0) is 30.6. The van der Waals surface area contributed by atoms with Crippen molar-refractivity contribution in [3.63, 3.8) is 0 Å². The number of piperazine rings is 1. The van der Waals surface area contributed by atoms with E-state index < -0.39 is 24.8 Å². The zero-order valence-corrected chi connectivity index (χ0v) is 24.1. The maximum Gasteiger partial charge on any atom is 0.410 e. The molecule has 1 N–H and O–H groups in total. The Morgan fingerprint density at radius 2 is 1.93 bits per heavy atom. The molecule has 2 saturated heterocycles. The number of fused-ring (bicyclic) bond motifs is 3. The van der Waals surface area contributed by atoms with E-state index in [1.807, 2.05) is 31.7 Å². The van der Waals surface area contributed by atoms with Crippen molar-refractivity contribution in [2.45, 2.75) is 51.3 Å². The number of terminal acetylenes is 1. The Kier molecular flexibility index (Phi) is 9.22. The fraction of sp³-hybridized carbons (Fsp3) is 0.375. The van der Waals surface area contributed by atoms with Crippen molar-refractivity contribution in [3.8, 4) is 12.3 Å². The summed E-state index contributed by atoms with van der Waals surface area (Å²) in [5, 5.41) is 10.7. The highest BCUT2D eigenvalue weighted by Gasteiger charge is 2.45. The Labute approximate surface area is 244 Å². The average molecular weight is 576 g/mol. The van der Waals surface area contributed by atoms with E-state index in [0.29, 0.717) is 35.2 Å². The number of nitrogens with zero attached hydrogens (tertiary/aromatic N) is 5. The Balaban J connectivity index is 1.72. The number of hydrogen-bond acceptors (Lipinski definition) is 7. The molecule has 220 valence electrons. The number of likely N-dealkylation sites (tertiary alicyclic amines) is 1. The molecule has 2 aliphatic heterocycles. The van der Waals surface area contributed by atoms with E-state index in [4.69, 9.17) is 11.2 Å². The van der Waals surface area contributed by atoms with Crippen molar-refractivity contribution in [3.05, 3.63) is 65.2 Å². The van der Waals surface area contributed by atoms with Gasteiger partial charge in [0.15, 0.2) is 0 Å². The number of alkyl halides is 1. The molecule has 2 heterocycles. The van der Waals surface area contributed by atoms with Gasteiger partial charge in [-0.2, -0.15) is 0 Å². The van der Waals surface area contributed by atoms with Crippen molar-refractivity contribution in [2.24, 2.45) is 15.0 Å². The van der Waals surface area contributed by atoms with Gasteiger partial charge < -0.3 is 14.7 Å². The first-order chi connectivity index (χ1) is 20.0. The summed E-state index contributed by atoms with van der Waals surface area (Å²) in [6.07, 6.45) is 8.18. The molecular weight excluding hydrogens is 540 g/mol. The molecule has 1 amide bonds. The number of aliphatic imine (C=N–C) groups is 3. The van der Waals surface area contributed by atoms with Crippen LogP contribution in [0.3, 0.4) is 0 Å². The number of hydrogen-bond donors (Lipinski definition) is 1. The molecule has 4 rings (SSSR count). The summed E-state index contributed by atoms with van der Waals surface area (Å²) in [4.78, 5) is 29.3. The van der Waals surface area contributed by atoms with Crippen LogP contribution in [-0.2, 0) is 4.74 Å². The second kappa shape index (κ2) is 12.7. The number of aliphatic hydroxyl groups excluding tert-OH is 1. The van der Waals surface area contributed by atoms with Gasteiger partial charge in [0, 0.05) is 30.3 Å². The molecule has 0 saturated carbocycles. The van der Waals surface area contributed by atoms with Gasteiger partial charge in [-0.05, 0) is 51.8 Å². The topological polar surface area (TPSA) is 90.1 Å². The van der Waals surface area contributed by atoms with Crippen LogP contribution in [0.25, 0.3) is 16.5 Å². The van der Waals surface area contributed by atoms with Crippen LogP contribution in [0.15, 0.2) is 63.3 Å². The number of benzene rings is 2. The lowest BCUT2D eigenvalue weighted by molar-refractivity contribution is -0.000496. The van der Waals surface area contributed by atoms with Crippen LogP contribution in [0.5, 0.6) is 0 Å². The van der Waals surface area contributed by atoms with Gasteiger partial charge in [0.2, 0.25) is 0 Å². The molecule has 0 aromatic heterocycles. The third-order valence-corrected chi connectivity index (χ3v) is 7.28. The lowest BCUT2D eigenvalue weighted by atomic mass is 9.97. The Bertz CT molecular complexity index is 1520. The maximum absolute atomic E-state index is 14.5. The average Bonchev–Trinajstić information content (AvgIpc) is 3.22. The largest absolute Gasteiger partial charge is 0.444 e. The third kappa shape index (κ3) is 6.26. The van der Waals surface area contributed by atoms with Gasteiger partial charge in [-0.3, -0.25) is 14.9 Å². The van der Waals surface area contributed by atoms with Gasteiger partial charge in [0.1, 0.15) is 30.6 Å². The molecule has 0 spiro atoms. The predicted octanol–water partition coefficient (Wildman–Crippen LogP) is 5.36. The third-order valence-electron chi connectivity index (χ3n) is 7.28. The second-order valence-electron chi connectivity index (χ2n) is 11.1. The summed E-state index contributed by atoms with van der Waals surface area (Å²) >= 11 is 0. The van der Waals surface area contributed by atoms with Crippen molar-refractivity contribution in [2.75, 3.05) is 26.5 Å². The van der Waals surface area contributed by atoms with Gasteiger partial charge in [0.25, 0.3) is 0 Å². The van der Waals surface area contributed by atoms with Crippen LogP contribution in [0.2, 0.25) is 0 Å². The lowest BCUT2D eigenvalue weighted by Gasteiger charge is -2.42. The van der Waals surface area contributed by atoms with Crippen LogP contribution in [0.1, 0.15) is 44.7 Å². The lowest BCUT2D eigenvalue weighted by Crippen LogP contribution is -2.56. The number of allylic oxidation sites excluding steroid dienone is 1. The first-order valence-corrected chi connectivity index (χ1v) is 13.6. The zero-order valence-electron chi connectivity index (χ0n) is 24.1. The first-order valence-electron chi connectivity index (χ1n) is 13.6. The van der Waals surface area contributed by atoms with E-state index in [-0.39, 0.29) is 40.7 Å². The molecule has 2 atom stereocenters. The minimum atomic E-state index is -1.00. The van der Waals surface area contributed by atoms with E-state index >= 15 is 0 Å². The molecule has 8 nitrogen and oxygen atoms in total. The first kappa shape index (κ1) is 30.6. The van der Waals surface area contributed by atoms with E-state index in [1.54, 1.807) is 23.1 Å². The van der Waals surface area contributed by atoms with E-state index in [1.165, 1.54) is 12.3 Å². The van der Waals surface area contributed by atoms with Crippen molar-refractivity contribution in [1.29, 1.82) is 0 Å². The molecule has 10 heteroatoms. The summed E-state index contributed by atoms with van der Waals surface area (Å²) in [5.41, 5.74) is 0.353. The molecule has 2 aromatic carbocycles. The summed E-state index contributed by atoms with van der Waals surface area (Å²) in [6, 6.07) is 7.97. The molecule has 42 heavy (non-hydrogen) atoms. The van der Waals surface area contributed by atoms with Gasteiger partial charge in [-0.25, -0.2) is 18.6 Å². The van der Waals surface area contributed by atoms with E-state index in [0.717, 1.165) is 12.8 Å². The van der Waals surface area contributed by atoms with Crippen LogP contribution < -0.4 is 0 Å². The molecule has 2 unspecified atom stereocenters. The normalized spacial score (nSPS) is 19.6. The SMILES string of the molecule is C#Cc1c(F)ccc2cccc(C(=C)N=CC(=C(/N=C)N3CC4CCC(C3)N4C(=O)OC(C)(C)C)/C(CF)=N\CO)c12. The summed E-state index contributed by atoms with van der Waals surface area (Å²) < 4.78 is 34.5. The highest BCUT2D eigenvalue weighted by molar-refractivity contribution is 6.18. The fourth-order valence-electron chi connectivity index (χ4n) is 5.54. The Morgan fingerprint density at radius 3 is 2.50 bits per heavy atom. The number of rotatable bonds is 8. The molecule has 2 fully saturated rings. The number of amides is 1. The number of aliphatic hydroxyl groups is 1. The van der Waals surface area contributed by atoms with Gasteiger partial charge >= 0.3 is 6.09 Å². The van der Waals surface area contributed by atoms with E-state index in [9.17, 15) is 18.7 Å². The quantitative estimate of drug-likeness (QED) is 0.339. The molecule has 0 radical (unpaired) electrons. The number of carbonyl (C=O) groups is 1. The van der Waals surface area contributed by atoms with Gasteiger partial charge in [-0.15, -0.1) is 6.42 Å². The monoisotopic (exact) mass is 575 g/mol. The summed E-state index contributed by atoms with van der Waals surface area (Å²) in [5.74, 6) is 2.18. The van der Waals surface area contributed by atoms with Crippen LogP contribution in [0, 0.1) is 18.2 Å². The molecular formula is C32H35F2N5O3. The molecule has 2 aliphatic rings. The Morgan fingerprint density at radius 1 is 1.24 bits per heavy atom. The molecule has 2 aromatic rings. The van der Waals surface area contributed by atoms with Crippen molar-refractivity contribution >= 4 is 41.2 Å². The number of halogens is 2.